The number of carbonyl (C=O) groups is 1. The van der Waals surface area contributed by atoms with Gasteiger partial charge in [0.25, 0.3) is 0 Å². The molecule has 0 heterocycles. The second-order valence-corrected chi connectivity index (χ2v) is 7.13. The Morgan fingerprint density at radius 1 is 1.00 bits per heavy atom. The largest absolute Gasteiger partial charge is 0.353 e. The molecule has 0 bridgehead atoms. The van der Waals surface area contributed by atoms with Gasteiger partial charge in [-0.1, -0.05) is 54.1 Å². The Balaban J connectivity index is 1.50. The average molecular weight is 321 g/mol. The van der Waals surface area contributed by atoms with E-state index in [1.807, 2.05) is 0 Å². The predicted octanol–water partition coefficient (Wildman–Crippen LogP) is 4.69. The molecular formula is C22H27NO. The molecule has 0 radical (unpaired) electrons. The van der Waals surface area contributed by atoms with Gasteiger partial charge >= 0.3 is 0 Å². The Morgan fingerprint density at radius 2 is 1.71 bits per heavy atom. The first-order chi connectivity index (χ1) is 11.6. The number of hydrogen-bond donors (Lipinski definition) is 1. The Morgan fingerprint density at radius 3 is 2.38 bits per heavy atom. The Hall–Kier alpha value is -2.09. The topological polar surface area (TPSA) is 29.1 Å². The van der Waals surface area contributed by atoms with Crippen LogP contribution >= 0.6 is 0 Å². The maximum Gasteiger partial charge on any atom is 0.224 e. The lowest BCUT2D eigenvalue weighted by Gasteiger charge is -2.29. The minimum atomic E-state index is 0.158. The third-order valence-electron chi connectivity index (χ3n) is 5.21. The number of benzene rings is 2. The molecule has 1 saturated carbocycles. The smallest absolute Gasteiger partial charge is 0.224 e. The first-order valence-electron chi connectivity index (χ1n) is 9.02. The van der Waals surface area contributed by atoms with Crippen LogP contribution in [0.3, 0.4) is 0 Å². The van der Waals surface area contributed by atoms with E-state index in [1.165, 1.54) is 29.5 Å². The highest BCUT2D eigenvalue weighted by Crippen LogP contribution is 2.32. The van der Waals surface area contributed by atoms with E-state index in [9.17, 15) is 4.79 Å². The standard InChI is InChI=1S/C22H27NO/c1-16-8-9-20(17(2)14-16)15-22(24)23-21-12-10-19(11-13-21)18-6-4-3-5-7-18/h3-9,14,19,21H,10-13,15H2,1-2H3,(H,23,24). The molecule has 0 aromatic heterocycles. The molecule has 1 aliphatic carbocycles. The van der Waals surface area contributed by atoms with Crippen LogP contribution in [-0.4, -0.2) is 11.9 Å². The zero-order valence-corrected chi connectivity index (χ0v) is 14.7. The van der Waals surface area contributed by atoms with Crippen molar-refractivity contribution in [1.29, 1.82) is 0 Å². The van der Waals surface area contributed by atoms with Crippen molar-refractivity contribution in [2.24, 2.45) is 0 Å². The van der Waals surface area contributed by atoms with Gasteiger partial charge in [-0.3, -0.25) is 4.79 Å². The number of aryl methyl sites for hydroxylation is 2. The molecular weight excluding hydrogens is 294 g/mol. The van der Waals surface area contributed by atoms with Gasteiger partial charge in [-0.05, 0) is 62.1 Å². The van der Waals surface area contributed by atoms with E-state index in [1.54, 1.807) is 0 Å². The number of amides is 1. The molecule has 24 heavy (non-hydrogen) atoms. The first-order valence-corrected chi connectivity index (χ1v) is 9.02. The van der Waals surface area contributed by atoms with Crippen LogP contribution in [0.1, 0.15) is 53.9 Å². The summed E-state index contributed by atoms with van der Waals surface area (Å²) in [6, 6.07) is 17.4. The van der Waals surface area contributed by atoms with E-state index in [0.29, 0.717) is 18.4 Å². The fraction of sp³-hybridized carbons (Fsp3) is 0.409. The molecule has 1 fully saturated rings. The van der Waals surface area contributed by atoms with Gasteiger partial charge < -0.3 is 5.32 Å². The van der Waals surface area contributed by atoms with Crippen molar-refractivity contribution in [2.75, 3.05) is 0 Å². The summed E-state index contributed by atoms with van der Waals surface area (Å²) in [6.07, 6.45) is 4.98. The van der Waals surface area contributed by atoms with Gasteiger partial charge in [-0.2, -0.15) is 0 Å². The Bertz CT molecular complexity index is 684. The molecule has 2 aromatic rings. The van der Waals surface area contributed by atoms with Crippen molar-refractivity contribution in [1.82, 2.24) is 5.32 Å². The molecule has 126 valence electrons. The van der Waals surface area contributed by atoms with Gasteiger partial charge in [-0.15, -0.1) is 0 Å². The van der Waals surface area contributed by atoms with Crippen molar-refractivity contribution in [3.05, 3.63) is 70.8 Å². The first kappa shape index (κ1) is 16.8. The van der Waals surface area contributed by atoms with Crippen molar-refractivity contribution in [3.8, 4) is 0 Å². The highest BCUT2D eigenvalue weighted by atomic mass is 16.1. The second-order valence-electron chi connectivity index (χ2n) is 7.13. The lowest BCUT2D eigenvalue weighted by Crippen LogP contribution is -2.38. The molecule has 0 unspecified atom stereocenters. The van der Waals surface area contributed by atoms with Crippen LogP contribution in [0, 0.1) is 13.8 Å². The van der Waals surface area contributed by atoms with E-state index >= 15 is 0 Å². The minimum Gasteiger partial charge on any atom is -0.353 e. The van der Waals surface area contributed by atoms with Crippen LogP contribution in [0.15, 0.2) is 48.5 Å². The summed E-state index contributed by atoms with van der Waals surface area (Å²) in [5, 5.41) is 3.24. The van der Waals surface area contributed by atoms with Crippen molar-refractivity contribution >= 4 is 5.91 Å². The lowest BCUT2D eigenvalue weighted by atomic mass is 9.82. The van der Waals surface area contributed by atoms with Gasteiger partial charge in [0, 0.05) is 6.04 Å². The molecule has 0 atom stereocenters. The summed E-state index contributed by atoms with van der Waals surface area (Å²) in [5.74, 6) is 0.809. The quantitative estimate of drug-likeness (QED) is 0.870. The van der Waals surface area contributed by atoms with E-state index in [-0.39, 0.29) is 5.91 Å². The number of rotatable bonds is 4. The van der Waals surface area contributed by atoms with Gasteiger partial charge in [0.1, 0.15) is 0 Å². The van der Waals surface area contributed by atoms with Crippen LogP contribution in [0.5, 0.6) is 0 Å². The van der Waals surface area contributed by atoms with E-state index in [0.717, 1.165) is 18.4 Å². The monoisotopic (exact) mass is 321 g/mol. The van der Waals surface area contributed by atoms with Gasteiger partial charge in [-0.25, -0.2) is 0 Å². The van der Waals surface area contributed by atoms with Crippen LogP contribution < -0.4 is 5.32 Å². The number of hydrogen-bond acceptors (Lipinski definition) is 1. The molecule has 1 amide bonds. The van der Waals surface area contributed by atoms with Crippen LogP contribution in [0.25, 0.3) is 0 Å². The van der Waals surface area contributed by atoms with E-state index in [4.69, 9.17) is 0 Å². The maximum atomic E-state index is 12.4. The molecule has 1 N–H and O–H groups in total. The fourth-order valence-electron chi connectivity index (χ4n) is 3.79. The van der Waals surface area contributed by atoms with E-state index in [2.05, 4.69) is 67.7 Å². The minimum absolute atomic E-state index is 0.158. The van der Waals surface area contributed by atoms with Crippen LogP contribution in [0.4, 0.5) is 0 Å². The fourth-order valence-corrected chi connectivity index (χ4v) is 3.79. The summed E-state index contributed by atoms with van der Waals surface area (Å²) >= 11 is 0. The molecule has 0 saturated heterocycles. The summed E-state index contributed by atoms with van der Waals surface area (Å²) in [7, 11) is 0. The predicted molar refractivity (Wildman–Crippen MR) is 99.2 cm³/mol. The van der Waals surface area contributed by atoms with E-state index < -0.39 is 0 Å². The highest BCUT2D eigenvalue weighted by molar-refractivity contribution is 5.79. The van der Waals surface area contributed by atoms with Crippen molar-refractivity contribution in [2.45, 2.75) is 57.9 Å². The van der Waals surface area contributed by atoms with Gasteiger partial charge in [0.05, 0.1) is 6.42 Å². The lowest BCUT2D eigenvalue weighted by molar-refractivity contribution is -0.121. The summed E-state index contributed by atoms with van der Waals surface area (Å²) < 4.78 is 0. The SMILES string of the molecule is Cc1ccc(CC(=O)NC2CCC(c3ccccc3)CC2)c(C)c1. The molecule has 3 rings (SSSR count). The number of nitrogens with one attached hydrogen (secondary N) is 1. The Kier molecular flexibility index (Phi) is 5.34. The molecule has 2 aromatic carbocycles. The van der Waals surface area contributed by atoms with Crippen LogP contribution in [0.2, 0.25) is 0 Å². The highest BCUT2D eigenvalue weighted by Gasteiger charge is 2.23. The average Bonchev–Trinajstić information content (AvgIpc) is 2.59. The number of carbonyl (C=O) groups excluding carboxylic acids is 1. The zero-order chi connectivity index (χ0) is 16.9. The van der Waals surface area contributed by atoms with Gasteiger partial charge in [0.2, 0.25) is 5.91 Å². The second kappa shape index (κ2) is 7.65. The van der Waals surface area contributed by atoms with Crippen molar-refractivity contribution < 1.29 is 4.79 Å². The van der Waals surface area contributed by atoms with Crippen molar-refractivity contribution in [3.63, 3.8) is 0 Å². The molecule has 0 spiro atoms. The van der Waals surface area contributed by atoms with Gasteiger partial charge in [0.15, 0.2) is 0 Å². The third kappa shape index (κ3) is 4.25. The normalized spacial score (nSPS) is 20.6. The van der Waals surface area contributed by atoms with Crippen LogP contribution in [-0.2, 0) is 11.2 Å². The third-order valence-corrected chi connectivity index (χ3v) is 5.21. The molecule has 2 nitrogen and oxygen atoms in total. The molecule has 1 aliphatic rings. The summed E-state index contributed by atoms with van der Waals surface area (Å²) in [6.45, 7) is 4.17. The zero-order valence-electron chi connectivity index (χ0n) is 14.7. The molecule has 0 aliphatic heterocycles. The summed E-state index contributed by atoms with van der Waals surface area (Å²) in [5.41, 5.74) is 5.03. The summed E-state index contributed by atoms with van der Waals surface area (Å²) in [4.78, 5) is 12.4. The molecule has 2 heteroatoms. The maximum absolute atomic E-state index is 12.4. The Labute approximate surface area is 145 Å².